The number of aryl methyl sites for hydroxylation is 1. The number of thiophene rings is 2. The van der Waals surface area contributed by atoms with Crippen molar-refractivity contribution in [3.05, 3.63) is 38.9 Å². The van der Waals surface area contributed by atoms with Crippen molar-refractivity contribution in [2.45, 2.75) is 11.1 Å². The Morgan fingerprint density at radius 3 is 2.42 bits per heavy atom. The predicted octanol–water partition coefficient (Wildman–Crippen LogP) is 2.05. The number of carbonyl (C=O) groups excluding carboxylic acids is 2. The van der Waals surface area contributed by atoms with Crippen LogP contribution in [0.3, 0.4) is 0 Å². The molecule has 0 bridgehead atoms. The maximum absolute atomic E-state index is 12.8. The second kappa shape index (κ2) is 7.47. The molecule has 2 aromatic rings. The van der Waals surface area contributed by atoms with Crippen molar-refractivity contribution in [2.75, 3.05) is 33.3 Å². The first-order valence-corrected chi connectivity index (χ1v) is 11.0. The molecular weight excluding hydrogens is 396 g/mol. The number of hydrogen-bond acceptors (Lipinski definition) is 7. The molecular formula is C16H18N2O5S3. The Morgan fingerprint density at radius 2 is 1.85 bits per heavy atom. The number of ether oxygens (including phenoxy) is 1. The van der Waals surface area contributed by atoms with Gasteiger partial charge in [-0.15, -0.1) is 22.7 Å². The number of hydrogen-bond donors (Lipinski definition) is 0. The molecule has 0 aromatic carbocycles. The van der Waals surface area contributed by atoms with Crippen LogP contribution in [0.15, 0.2) is 27.1 Å². The van der Waals surface area contributed by atoms with E-state index in [2.05, 4.69) is 4.74 Å². The van der Waals surface area contributed by atoms with Gasteiger partial charge in [0.1, 0.15) is 4.21 Å². The number of piperazine rings is 1. The molecule has 3 heterocycles. The molecule has 3 rings (SSSR count). The second-order valence-electron chi connectivity index (χ2n) is 5.78. The van der Waals surface area contributed by atoms with Crippen molar-refractivity contribution in [3.8, 4) is 0 Å². The third-order valence-corrected chi connectivity index (χ3v) is 8.49. The number of carbonyl (C=O) groups is 2. The zero-order valence-electron chi connectivity index (χ0n) is 14.3. The van der Waals surface area contributed by atoms with Crippen molar-refractivity contribution < 1.29 is 22.7 Å². The van der Waals surface area contributed by atoms with Crippen molar-refractivity contribution in [3.63, 3.8) is 0 Å². The Hall–Kier alpha value is -1.75. The third-order valence-electron chi connectivity index (χ3n) is 4.17. The molecule has 0 radical (unpaired) electrons. The molecule has 1 aliphatic rings. The molecule has 0 saturated carbocycles. The molecule has 0 atom stereocenters. The molecule has 1 fully saturated rings. The number of esters is 1. The Labute approximate surface area is 159 Å². The molecule has 1 saturated heterocycles. The van der Waals surface area contributed by atoms with Gasteiger partial charge >= 0.3 is 5.97 Å². The number of sulfonamides is 1. The van der Waals surface area contributed by atoms with Gasteiger partial charge in [-0.1, -0.05) is 0 Å². The number of amides is 1. The van der Waals surface area contributed by atoms with E-state index in [4.69, 9.17) is 0 Å². The van der Waals surface area contributed by atoms with Gasteiger partial charge in [0.15, 0.2) is 0 Å². The molecule has 0 spiro atoms. The highest BCUT2D eigenvalue weighted by Crippen LogP contribution is 2.26. The summed E-state index contributed by atoms with van der Waals surface area (Å²) in [6.45, 7) is 3.02. The van der Waals surface area contributed by atoms with Crippen LogP contribution in [0, 0.1) is 6.92 Å². The average Bonchev–Trinajstić information content (AvgIpc) is 3.30. The van der Waals surface area contributed by atoms with Crippen molar-refractivity contribution in [1.29, 1.82) is 0 Å². The average molecular weight is 415 g/mol. The van der Waals surface area contributed by atoms with Crippen molar-refractivity contribution >= 4 is 44.6 Å². The van der Waals surface area contributed by atoms with E-state index in [0.29, 0.717) is 18.0 Å². The Kier molecular flexibility index (Phi) is 5.47. The van der Waals surface area contributed by atoms with Gasteiger partial charge in [-0.05, 0) is 30.0 Å². The normalized spacial score (nSPS) is 15.8. The number of nitrogens with zero attached hydrogens (tertiary/aromatic N) is 2. The van der Waals surface area contributed by atoms with Crippen LogP contribution in [0.25, 0.3) is 0 Å². The summed E-state index contributed by atoms with van der Waals surface area (Å²) >= 11 is 2.39. The zero-order chi connectivity index (χ0) is 18.9. The molecule has 0 N–H and O–H groups in total. The molecule has 0 aliphatic carbocycles. The van der Waals surface area contributed by atoms with E-state index in [1.807, 2.05) is 18.4 Å². The molecule has 0 unspecified atom stereocenters. The first kappa shape index (κ1) is 19.0. The van der Waals surface area contributed by atoms with Gasteiger partial charge in [-0.3, -0.25) is 4.79 Å². The van der Waals surface area contributed by atoms with Crippen LogP contribution in [0.4, 0.5) is 0 Å². The van der Waals surface area contributed by atoms with Crippen LogP contribution in [-0.2, 0) is 14.8 Å². The van der Waals surface area contributed by atoms with E-state index < -0.39 is 16.0 Å². The highest BCUT2D eigenvalue weighted by Gasteiger charge is 2.32. The first-order chi connectivity index (χ1) is 12.3. The van der Waals surface area contributed by atoms with Crippen LogP contribution in [0.2, 0.25) is 0 Å². The van der Waals surface area contributed by atoms with Gasteiger partial charge in [0.25, 0.3) is 15.9 Å². The van der Waals surface area contributed by atoms with E-state index in [1.165, 1.54) is 34.2 Å². The summed E-state index contributed by atoms with van der Waals surface area (Å²) < 4.78 is 31.6. The first-order valence-electron chi connectivity index (χ1n) is 7.85. The Balaban J connectivity index is 1.69. The summed E-state index contributed by atoms with van der Waals surface area (Å²) in [5, 5.41) is 3.34. The molecule has 7 nitrogen and oxygen atoms in total. The summed E-state index contributed by atoms with van der Waals surface area (Å²) in [6, 6.07) is 3.23. The van der Waals surface area contributed by atoms with Gasteiger partial charge in [-0.2, -0.15) is 4.31 Å². The summed E-state index contributed by atoms with van der Waals surface area (Å²) in [5.74, 6) is -0.622. The molecule has 26 heavy (non-hydrogen) atoms. The maximum Gasteiger partial charge on any atom is 0.338 e. The monoisotopic (exact) mass is 414 g/mol. The lowest BCUT2D eigenvalue weighted by atomic mass is 10.2. The quantitative estimate of drug-likeness (QED) is 0.715. The lowest BCUT2D eigenvalue weighted by Gasteiger charge is -2.33. The summed E-state index contributed by atoms with van der Waals surface area (Å²) in [6.07, 6.45) is 0. The lowest BCUT2D eigenvalue weighted by molar-refractivity contribution is 0.0600. The number of methoxy groups -OCH3 is 1. The van der Waals surface area contributed by atoms with Crippen LogP contribution in [0.5, 0.6) is 0 Å². The van der Waals surface area contributed by atoms with Gasteiger partial charge < -0.3 is 9.64 Å². The Bertz CT molecular complexity index is 923. The fraction of sp³-hybridized carbons (Fsp3) is 0.375. The molecule has 1 aliphatic heterocycles. The molecule has 10 heteroatoms. The summed E-state index contributed by atoms with van der Waals surface area (Å²) in [7, 11) is -2.44. The van der Waals surface area contributed by atoms with Crippen LogP contribution >= 0.6 is 22.7 Å². The Morgan fingerprint density at radius 1 is 1.15 bits per heavy atom. The lowest BCUT2D eigenvalue weighted by Crippen LogP contribution is -2.50. The van der Waals surface area contributed by atoms with E-state index >= 15 is 0 Å². The van der Waals surface area contributed by atoms with Crippen LogP contribution in [-0.4, -0.2) is 62.8 Å². The minimum atomic E-state index is -3.69. The molecule has 140 valence electrons. The zero-order valence-corrected chi connectivity index (χ0v) is 16.7. The van der Waals surface area contributed by atoms with Crippen molar-refractivity contribution in [1.82, 2.24) is 9.21 Å². The van der Waals surface area contributed by atoms with Crippen molar-refractivity contribution in [2.24, 2.45) is 0 Å². The van der Waals surface area contributed by atoms with Gasteiger partial charge in [0, 0.05) is 31.6 Å². The molecule has 1 amide bonds. The second-order valence-corrected chi connectivity index (χ2v) is 9.77. The predicted molar refractivity (Wildman–Crippen MR) is 99.4 cm³/mol. The fourth-order valence-corrected chi connectivity index (χ4v) is 6.29. The van der Waals surface area contributed by atoms with Crippen LogP contribution < -0.4 is 0 Å². The maximum atomic E-state index is 12.8. The van der Waals surface area contributed by atoms with E-state index in [9.17, 15) is 18.0 Å². The van der Waals surface area contributed by atoms with E-state index in [1.54, 1.807) is 4.90 Å². The van der Waals surface area contributed by atoms with Crippen LogP contribution in [0.1, 0.15) is 25.6 Å². The van der Waals surface area contributed by atoms with E-state index in [-0.39, 0.29) is 28.8 Å². The largest absolute Gasteiger partial charge is 0.465 e. The van der Waals surface area contributed by atoms with Gasteiger partial charge in [0.2, 0.25) is 0 Å². The highest BCUT2D eigenvalue weighted by molar-refractivity contribution is 7.91. The standard InChI is InChI=1S/C16H18N2O5S3/c1-11-3-8-24-14(11)15(19)17-4-6-18(7-5-17)26(21,22)13-9-12(10-25-13)16(20)23-2/h3,8-10H,4-7H2,1-2H3. The third kappa shape index (κ3) is 3.54. The topological polar surface area (TPSA) is 84.0 Å². The fourth-order valence-electron chi connectivity index (χ4n) is 2.67. The summed E-state index contributed by atoms with van der Waals surface area (Å²) in [4.78, 5) is 26.4. The van der Waals surface area contributed by atoms with Gasteiger partial charge in [-0.25, -0.2) is 13.2 Å². The molecule has 2 aromatic heterocycles. The highest BCUT2D eigenvalue weighted by atomic mass is 32.2. The SMILES string of the molecule is COC(=O)c1csc(S(=O)(=O)N2CCN(C(=O)c3sccc3C)CC2)c1. The number of rotatable bonds is 4. The van der Waals surface area contributed by atoms with E-state index in [0.717, 1.165) is 16.9 Å². The van der Waals surface area contributed by atoms with Gasteiger partial charge in [0.05, 0.1) is 17.6 Å². The smallest absolute Gasteiger partial charge is 0.338 e. The minimum Gasteiger partial charge on any atom is -0.465 e. The summed E-state index contributed by atoms with van der Waals surface area (Å²) in [5.41, 5.74) is 1.15. The minimum absolute atomic E-state index is 0.0568.